The zero-order chi connectivity index (χ0) is 7.28. The van der Waals surface area contributed by atoms with Crippen molar-refractivity contribution in [3.8, 4) is 0 Å². The van der Waals surface area contributed by atoms with Gasteiger partial charge in [0.05, 0.1) is 0 Å². The first-order valence-electron chi connectivity index (χ1n) is 3.57. The molecule has 0 N–H and O–H groups in total. The third-order valence-corrected chi connectivity index (χ3v) is 3.54. The Morgan fingerprint density at radius 1 is 1.56 bits per heavy atom. The number of likely N-dealkylation sites (N-methyl/N-ethyl adjacent to an activating group) is 1. The molecule has 0 aliphatic heterocycles. The van der Waals surface area contributed by atoms with E-state index in [1.165, 1.54) is 6.54 Å². The molecule has 9 heavy (non-hydrogen) atoms. The highest BCUT2D eigenvalue weighted by Crippen LogP contribution is 1.92. The third kappa shape index (κ3) is 3.49. The molecular weight excluding hydrogens is 126 g/mol. The van der Waals surface area contributed by atoms with Crippen LogP contribution in [0, 0.1) is 0 Å². The van der Waals surface area contributed by atoms with Crippen LogP contribution in [0.3, 0.4) is 0 Å². The molecule has 0 aliphatic rings. The average molecular weight is 143 g/mol. The van der Waals surface area contributed by atoms with Crippen LogP contribution in [-0.4, -0.2) is 26.6 Å². The number of hydrogen-bond donors (Lipinski definition) is 0. The zero-order valence-electron chi connectivity index (χ0n) is 6.72. The molecule has 0 atom stereocenters. The van der Waals surface area contributed by atoms with Gasteiger partial charge in [0.15, 0.2) is 0 Å². The summed E-state index contributed by atoms with van der Waals surface area (Å²) in [5.74, 6) is 0. The molecule has 0 aromatic carbocycles. The van der Waals surface area contributed by atoms with Crippen LogP contribution in [0.5, 0.6) is 0 Å². The highest BCUT2D eigenvalue weighted by molar-refractivity contribution is 6.52. The van der Waals surface area contributed by atoms with Gasteiger partial charge < -0.3 is 4.57 Å². The first-order valence-corrected chi connectivity index (χ1v) is 6.39. The van der Waals surface area contributed by atoms with Crippen molar-refractivity contribution in [3.63, 3.8) is 0 Å². The van der Waals surface area contributed by atoms with Gasteiger partial charge in [0.2, 0.25) is 0 Å². The van der Waals surface area contributed by atoms with E-state index in [1.54, 1.807) is 0 Å². The lowest BCUT2D eigenvalue weighted by Gasteiger charge is -2.21. The van der Waals surface area contributed by atoms with Crippen LogP contribution in [0.2, 0.25) is 13.1 Å². The van der Waals surface area contributed by atoms with E-state index in [-0.39, 0.29) is 0 Å². The zero-order valence-corrected chi connectivity index (χ0v) is 7.88. The lowest BCUT2D eigenvalue weighted by atomic mass is 10.6. The van der Waals surface area contributed by atoms with Crippen LogP contribution < -0.4 is 0 Å². The SMILES string of the molecule is C=CCN(CC)[SiH](C)C. The fourth-order valence-corrected chi connectivity index (χ4v) is 2.17. The van der Waals surface area contributed by atoms with Crippen LogP contribution in [0.1, 0.15) is 6.92 Å². The predicted octanol–water partition coefficient (Wildman–Crippen LogP) is 1.48. The van der Waals surface area contributed by atoms with Crippen LogP contribution in [0.4, 0.5) is 0 Å². The number of hydrogen-bond acceptors (Lipinski definition) is 1. The summed E-state index contributed by atoms with van der Waals surface area (Å²) >= 11 is 0. The highest BCUT2D eigenvalue weighted by Gasteiger charge is 2.03. The molecule has 2 heteroatoms. The van der Waals surface area contributed by atoms with Crippen molar-refractivity contribution in [3.05, 3.63) is 12.7 Å². The Morgan fingerprint density at radius 3 is 2.22 bits per heavy atom. The Morgan fingerprint density at radius 2 is 2.11 bits per heavy atom. The van der Waals surface area contributed by atoms with Gasteiger partial charge in [-0.1, -0.05) is 26.1 Å². The van der Waals surface area contributed by atoms with Crippen LogP contribution in [0.25, 0.3) is 0 Å². The molecule has 0 fully saturated rings. The molecule has 0 aliphatic carbocycles. The Bertz CT molecular complexity index is 81.0. The summed E-state index contributed by atoms with van der Waals surface area (Å²) in [6, 6.07) is 0. The summed E-state index contributed by atoms with van der Waals surface area (Å²) in [5, 5.41) is 0. The Labute approximate surface area is 60.1 Å². The van der Waals surface area contributed by atoms with Gasteiger partial charge in [-0.25, -0.2) is 0 Å². The van der Waals surface area contributed by atoms with Crippen molar-refractivity contribution in [2.24, 2.45) is 0 Å². The monoisotopic (exact) mass is 143 g/mol. The predicted molar refractivity (Wildman–Crippen MR) is 46.3 cm³/mol. The molecule has 54 valence electrons. The quantitative estimate of drug-likeness (QED) is 0.425. The standard InChI is InChI=1S/C7H17NSi/c1-5-7-8(6-2)9(3)4/h5,9H,1,6-7H2,2-4H3. The maximum atomic E-state index is 3.71. The maximum absolute atomic E-state index is 3.71. The second kappa shape index (κ2) is 4.76. The Hall–Kier alpha value is -0.0831. The van der Waals surface area contributed by atoms with Crippen molar-refractivity contribution < 1.29 is 0 Å². The van der Waals surface area contributed by atoms with E-state index in [0.29, 0.717) is 0 Å². The van der Waals surface area contributed by atoms with Gasteiger partial charge in [-0.2, -0.15) is 0 Å². The molecule has 0 radical (unpaired) electrons. The third-order valence-electron chi connectivity index (χ3n) is 1.50. The largest absolute Gasteiger partial charge is 0.323 e. The lowest BCUT2D eigenvalue weighted by molar-refractivity contribution is 0.508. The molecule has 0 unspecified atom stereocenters. The van der Waals surface area contributed by atoms with E-state index in [2.05, 4.69) is 31.2 Å². The minimum Gasteiger partial charge on any atom is -0.323 e. The number of nitrogens with zero attached hydrogens (tertiary/aromatic N) is 1. The van der Waals surface area contributed by atoms with Gasteiger partial charge in [-0.15, -0.1) is 6.58 Å². The highest BCUT2D eigenvalue weighted by atomic mass is 28.3. The van der Waals surface area contributed by atoms with E-state index in [0.717, 1.165) is 6.54 Å². The summed E-state index contributed by atoms with van der Waals surface area (Å²) in [5.41, 5.74) is 0. The minimum atomic E-state index is -0.541. The number of rotatable bonds is 4. The minimum absolute atomic E-state index is 0.541. The first-order chi connectivity index (χ1) is 4.22. The maximum Gasteiger partial charge on any atom is 0.106 e. The van der Waals surface area contributed by atoms with E-state index < -0.39 is 8.96 Å². The molecule has 0 rings (SSSR count). The van der Waals surface area contributed by atoms with E-state index in [1.807, 2.05) is 6.08 Å². The molecule has 1 nitrogen and oxygen atoms in total. The molecule has 0 aromatic rings. The average Bonchev–Trinajstić information content (AvgIpc) is 1.82. The summed E-state index contributed by atoms with van der Waals surface area (Å²) in [4.78, 5) is 0. The smallest absolute Gasteiger partial charge is 0.106 e. The second-order valence-corrected chi connectivity index (χ2v) is 5.39. The molecule has 0 spiro atoms. The molecule has 0 aromatic heterocycles. The second-order valence-electron chi connectivity index (χ2n) is 2.47. The van der Waals surface area contributed by atoms with Gasteiger partial charge in [-0.05, 0) is 6.54 Å². The fraction of sp³-hybridized carbons (Fsp3) is 0.714. The van der Waals surface area contributed by atoms with Gasteiger partial charge in [-0.3, -0.25) is 0 Å². The van der Waals surface area contributed by atoms with Crippen molar-refractivity contribution in [1.29, 1.82) is 0 Å². The normalized spacial score (nSPS) is 10.8. The van der Waals surface area contributed by atoms with E-state index in [9.17, 15) is 0 Å². The van der Waals surface area contributed by atoms with Crippen LogP contribution in [0.15, 0.2) is 12.7 Å². The molecule has 0 amide bonds. The molecular formula is C7H17NSi. The summed E-state index contributed by atoms with van der Waals surface area (Å²) in [6.07, 6.45) is 1.98. The van der Waals surface area contributed by atoms with Gasteiger partial charge in [0.25, 0.3) is 0 Å². The summed E-state index contributed by atoms with van der Waals surface area (Å²) < 4.78 is 2.49. The van der Waals surface area contributed by atoms with Crippen LogP contribution >= 0.6 is 0 Å². The van der Waals surface area contributed by atoms with Crippen LogP contribution in [-0.2, 0) is 0 Å². The molecule has 0 saturated carbocycles. The first kappa shape index (κ1) is 8.92. The summed E-state index contributed by atoms with van der Waals surface area (Å²) in [7, 11) is -0.541. The van der Waals surface area contributed by atoms with Gasteiger partial charge >= 0.3 is 0 Å². The van der Waals surface area contributed by atoms with Crippen molar-refractivity contribution in [2.75, 3.05) is 13.1 Å². The van der Waals surface area contributed by atoms with E-state index in [4.69, 9.17) is 0 Å². The lowest BCUT2D eigenvalue weighted by Crippen LogP contribution is -2.34. The Balaban J connectivity index is 3.53. The van der Waals surface area contributed by atoms with Gasteiger partial charge in [0.1, 0.15) is 8.96 Å². The van der Waals surface area contributed by atoms with Gasteiger partial charge in [0, 0.05) is 6.54 Å². The topological polar surface area (TPSA) is 3.24 Å². The fourth-order valence-electron chi connectivity index (χ4n) is 0.871. The molecule has 0 bridgehead atoms. The van der Waals surface area contributed by atoms with Crippen molar-refractivity contribution >= 4 is 8.96 Å². The summed E-state index contributed by atoms with van der Waals surface area (Å²) in [6.45, 7) is 12.8. The van der Waals surface area contributed by atoms with Crippen molar-refractivity contribution in [2.45, 2.75) is 20.0 Å². The van der Waals surface area contributed by atoms with E-state index >= 15 is 0 Å². The Kier molecular flexibility index (Phi) is 4.72. The molecule has 0 heterocycles. The van der Waals surface area contributed by atoms with Crippen molar-refractivity contribution in [1.82, 2.24) is 4.57 Å². The molecule has 0 saturated heterocycles.